The Kier molecular flexibility index (Phi) is 7.02. The minimum Gasteiger partial charge on any atom is -0.334 e. The van der Waals surface area contributed by atoms with E-state index in [4.69, 9.17) is 0 Å². The predicted octanol–water partition coefficient (Wildman–Crippen LogP) is 3.77. The molecule has 1 rings (SSSR count). The van der Waals surface area contributed by atoms with Crippen molar-refractivity contribution in [3.8, 4) is 0 Å². The molecule has 0 aromatic carbocycles. The molecule has 0 aliphatic carbocycles. The number of nitrogens with zero attached hydrogens (tertiary/aromatic N) is 2. The lowest BCUT2D eigenvalue weighted by Crippen LogP contribution is -2.28. The molecule has 0 aliphatic rings. The molecule has 18 heavy (non-hydrogen) atoms. The van der Waals surface area contributed by atoms with E-state index in [1.807, 2.05) is 6.20 Å². The first-order chi connectivity index (χ1) is 8.78. The van der Waals surface area contributed by atoms with Crippen LogP contribution < -0.4 is 5.32 Å². The summed E-state index contributed by atoms with van der Waals surface area (Å²) >= 11 is 0. The third kappa shape index (κ3) is 3.84. The number of hydrogen-bond donors (Lipinski definition) is 1. The predicted molar refractivity (Wildman–Crippen MR) is 77.6 cm³/mol. The molecule has 0 amide bonds. The summed E-state index contributed by atoms with van der Waals surface area (Å²) in [5.41, 5.74) is 0. The molecular formula is C15H29N3. The van der Waals surface area contributed by atoms with Crippen molar-refractivity contribution >= 4 is 0 Å². The van der Waals surface area contributed by atoms with Crippen LogP contribution in [0.4, 0.5) is 0 Å². The molecule has 0 aliphatic heterocycles. The van der Waals surface area contributed by atoms with E-state index < -0.39 is 0 Å². The van der Waals surface area contributed by atoms with E-state index in [2.05, 4.69) is 48.9 Å². The summed E-state index contributed by atoms with van der Waals surface area (Å²) in [6.07, 6.45) is 10.3. The number of hydrogen-bond acceptors (Lipinski definition) is 2. The van der Waals surface area contributed by atoms with E-state index in [9.17, 15) is 0 Å². The molecule has 0 bridgehead atoms. The second-order valence-corrected chi connectivity index (χ2v) is 5.06. The summed E-state index contributed by atoms with van der Waals surface area (Å²) in [6, 6.07) is 0.392. The third-order valence-corrected chi connectivity index (χ3v) is 3.73. The Bertz CT molecular complexity index is 319. The van der Waals surface area contributed by atoms with Crippen molar-refractivity contribution in [2.75, 3.05) is 7.05 Å². The van der Waals surface area contributed by atoms with E-state index >= 15 is 0 Å². The highest BCUT2D eigenvalue weighted by Crippen LogP contribution is 2.27. The Morgan fingerprint density at radius 1 is 1.28 bits per heavy atom. The maximum absolute atomic E-state index is 4.58. The van der Waals surface area contributed by atoms with Crippen molar-refractivity contribution in [3.05, 3.63) is 18.2 Å². The fraction of sp³-hybridized carbons (Fsp3) is 0.800. The molecule has 1 aromatic rings. The lowest BCUT2D eigenvalue weighted by atomic mass is 9.91. The van der Waals surface area contributed by atoms with E-state index in [1.54, 1.807) is 0 Å². The normalized spacial score (nSPS) is 14.7. The monoisotopic (exact) mass is 251 g/mol. The summed E-state index contributed by atoms with van der Waals surface area (Å²) in [6.45, 7) is 7.83. The SMILES string of the molecule is CCCCC(CC)C(NC)c1nccn1CCC. The zero-order chi connectivity index (χ0) is 13.4. The maximum atomic E-state index is 4.58. The van der Waals surface area contributed by atoms with Crippen molar-refractivity contribution in [1.82, 2.24) is 14.9 Å². The van der Waals surface area contributed by atoms with Gasteiger partial charge in [0.05, 0.1) is 6.04 Å². The van der Waals surface area contributed by atoms with Crippen LogP contribution in [0.25, 0.3) is 0 Å². The Balaban J connectivity index is 2.81. The van der Waals surface area contributed by atoms with E-state index in [0.717, 1.165) is 13.0 Å². The van der Waals surface area contributed by atoms with Gasteiger partial charge in [0.1, 0.15) is 5.82 Å². The van der Waals surface area contributed by atoms with Crippen molar-refractivity contribution in [3.63, 3.8) is 0 Å². The Labute approximate surface area is 112 Å². The highest BCUT2D eigenvalue weighted by Gasteiger charge is 2.23. The number of imidazole rings is 1. The molecule has 1 N–H and O–H groups in total. The van der Waals surface area contributed by atoms with Gasteiger partial charge in [-0.2, -0.15) is 0 Å². The molecule has 1 aromatic heterocycles. The Hall–Kier alpha value is -0.830. The number of nitrogens with one attached hydrogen (secondary N) is 1. The van der Waals surface area contributed by atoms with Gasteiger partial charge >= 0.3 is 0 Å². The molecule has 0 saturated heterocycles. The van der Waals surface area contributed by atoms with Gasteiger partial charge in [0.2, 0.25) is 0 Å². The van der Waals surface area contributed by atoms with Crippen molar-refractivity contribution < 1.29 is 0 Å². The third-order valence-electron chi connectivity index (χ3n) is 3.73. The molecule has 0 spiro atoms. The first-order valence-electron chi connectivity index (χ1n) is 7.46. The molecular weight excluding hydrogens is 222 g/mol. The topological polar surface area (TPSA) is 29.9 Å². The quantitative estimate of drug-likeness (QED) is 0.724. The summed E-state index contributed by atoms with van der Waals surface area (Å²) < 4.78 is 2.30. The van der Waals surface area contributed by atoms with Crippen molar-refractivity contribution in [1.29, 1.82) is 0 Å². The lowest BCUT2D eigenvalue weighted by Gasteiger charge is -2.26. The maximum Gasteiger partial charge on any atom is 0.126 e. The van der Waals surface area contributed by atoms with Crippen molar-refractivity contribution in [2.45, 2.75) is 65.5 Å². The van der Waals surface area contributed by atoms with Crippen LogP contribution >= 0.6 is 0 Å². The summed E-state index contributed by atoms with van der Waals surface area (Å²) in [5, 5.41) is 3.48. The van der Waals surface area contributed by atoms with Crippen LogP contribution in [0.1, 0.15) is 64.7 Å². The smallest absolute Gasteiger partial charge is 0.126 e. The molecule has 2 atom stereocenters. The van der Waals surface area contributed by atoms with E-state index in [0.29, 0.717) is 12.0 Å². The van der Waals surface area contributed by atoms with Crippen LogP contribution in [0.2, 0.25) is 0 Å². The second-order valence-electron chi connectivity index (χ2n) is 5.06. The highest BCUT2D eigenvalue weighted by molar-refractivity contribution is 5.01. The molecule has 3 nitrogen and oxygen atoms in total. The van der Waals surface area contributed by atoms with Gasteiger partial charge in [-0.1, -0.05) is 40.0 Å². The van der Waals surface area contributed by atoms with Gasteiger partial charge in [0, 0.05) is 18.9 Å². The molecule has 0 radical (unpaired) electrons. The summed E-state index contributed by atoms with van der Waals surface area (Å²) in [7, 11) is 2.06. The van der Waals surface area contributed by atoms with Gasteiger partial charge in [-0.25, -0.2) is 4.98 Å². The van der Waals surface area contributed by atoms with Gasteiger partial charge < -0.3 is 9.88 Å². The van der Waals surface area contributed by atoms with Crippen molar-refractivity contribution in [2.24, 2.45) is 5.92 Å². The van der Waals surface area contributed by atoms with Crippen LogP contribution in [-0.2, 0) is 6.54 Å². The Morgan fingerprint density at radius 2 is 2.06 bits per heavy atom. The fourth-order valence-corrected chi connectivity index (χ4v) is 2.68. The number of aromatic nitrogens is 2. The minimum absolute atomic E-state index is 0.392. The number of rotatable bonds is 9. The Morgan fingerprint density at radius 3 is 2.61 bits per heavy atom. The van der Waals surface area contributed by atoms with Crippen LogP contribution in [0.3, 0.4) is 0 Å². The standard InChI is InChI=1S/C15H29N3/c1-5-8-9-13(7-3)14(16-4)15-17-10-12-18(15)11-6-2/h10,12-14,16H,5-9,11H2,1-4H3. The van der Waals surface area contributed by atoms with Gasteiger partial charge in [-0.05, 0) is 25.8 Å². The minimum atomic E-state index is 0.392. The molecule has 0 fully saturated rings. The van der Waals surface area contributed by atoms with Crippen LogP contribution in [-0.4, -0.2) is 16.6 Å². The average Bonchev–Trinajstić information content (AvgIpc) is 2.83. The van der Waals surface area contributed by atoms with Crippen LogP contribution in [0.15, 0.2) is 12.4 Å². The molecule has 1 heterocycles. The van der Waals surface area contributed by atoms with E-state index in [-0.39, 0.29) is 0 Å². The molecule has 2 unspecified atom stereocenters. The second kappa shape index (κ2) is 8.30. The van der Waals surface area contributed by atoms with Gasteiger partial charge in [0.15, 0.2) is 0 Å². The van der Waals surface area contributed by atoms with Gasteiger partial charge in [0.25, 0.3) is 0 Å². The summed E-state index contributed by atoms with van der Waals surface area (Å²) in [4.78, 5) is 4.58. The first-order valence-corrected chi connectivity index (χ1v) is 7.46. The van der Waals surface area contributed by atoms with Crippen LogP contribution in [0.5, 0.6) is 0 Å². The zero-order valence-electron chi connectivity index (χ0n) is 12.4. The molecule has 104 valence electrons. The average molecular weight is 251 g/mol. The summed E-state index contributed by atoms with van der Waals surface area (Å²) in [5.74, 6) is 1.90. The molecule has 3 heteroatoms. The van der Waals surface area contributed by atoms with Gasteiger partial charge in [-0.3, -0.25) is 0 Å². The molecule has 0 saturated carbocycles. The van der Waals surface area contributed by atoms with Gasteiger partial charge in [-0.15, -0.1) is 0 Å². The fourth-order valence-electron chi connectivity index (χ4n) is 2.68. The first kappa shape index (κ1) is 15.2. The zero-order valence-corrected chi connectivity index (χ0v) is 12.4. The van der Waals surface area contributed by atoms with E-state index in [1.165, 1.54) is 31.5 Å². The number of unbranched alkanes of at least 4 members (excludes halogenated alkanes) is 1. The largest absolute Gasteiger partial charge is 0.334 e. The van der Waals surface area contributed by atoms with Crippen LogP contribution in [0, 0.1) is 5.92 Å². The lowest BCUT2D eigenvalue weighted by molar-refractivity contribution is 0.319. The number of aryl methyl sites for hydroxylation is 1. The highest BCUT2D eigenvalue weighted by atomic mass is 15.1.